The molecule has 1 amide bonds. The van der Waals surface area contributed by atoms with Crippen molar-refractivity contribution in [2.24, 2.45) is 0 Å². The molecule has 4 rings (SSSR count). The molecule has 1 aliphatic rings. The Morgan fingerprint density at radius 2 is 2.17 bits per heavy atom. The van der Waals surface area contributed by atoms with Crippen LogP contribution in [-0.4, -0.2) is 39.0 Å². The van der Waals surface area contributed by atoms with Crippen molar-refractivity contribution >= 4 is 17.2 Å². The molecule has 0 N–H and O–H groups in total. The first-order chi connectivity index (χ1) is 14.3. The minimum atomic E-state index is -4.58. The molecule has 1 atom stereocenters. The van der Waals surface area contributed by atoms with Crippen molar-refractivity contribution < 1.29 is 22.5 Å². The van der Waals surface area contributed by atoms with E-state index in [-0.39, 0.29) is 29.7 Å². The summed E-state index contributed by atoms with van der Waals surface area (Å²) in [5.74, 6) is -0.469. The predicted octanol–water partition coefficient (Wildman–Crippen LogP) is 4.79. The van der Waals surface area contributed by atoms with Crippen molar-refractivity contribution in [3.8, 4) is 10.6 Å². The number of likely N-dealkylation sites (tertiary alicyclic amines) is 1. The monoisotopic (exact) mass is 436 g/mol. The number of thiophene rings is 1. The van der Waals surface area contributed by atoms with Gasteiger partial charge in [-0.2, -0.15) is 13.2 Å². The van der Waals surface area contributed by atoms with Crippen LogP contribution >= 0.6 is 11.3 Å². The van der Waals surface area contributed by atoms with E-state index in [1.807, 2.05) is 6.92 Å². The van der Waals surface area contributed by atoms with Gasteiger partial charge in [0, 0.05) is 25.1 Å². The molecule has 3 aromatic heterocycles. The summed E-state index contributed by atoms with van der Waals surface area (Å²) >= 11 is 1.32. The van der Waals surface area contributed by atoms with Gasteiger partial charge in [0.2, 0.25) is 5.76 Å². The van der Waals surface area contributed by atoms with Crippen LogP contribution in [0.15, 0.2) is 34.2 Å². The zero-order valence-corrected chi connectivity index (χ0v) is 17.0. The van der Waals surface area contributed by atoms with E-state index in [1.54, 1.807) is 28.5 Å². The number of hydrogen-bond donors (Lipinski definition) is 0. The van der Waals surface area contributed by atoms with E-state index in [9.17, 15) is 18.0 Å². The van der Waals surface area contributed by atoms with Crippen molar-refractivity contribution in [2.75, 3.05) is 13.1 Å². The van der Waals surface area contributed by atoms with E-state index in [2.05, 4.69) is 15.1 Å². The van der Waals surface area contributed by atoms with Gasteiger partial charge < -0.3 is 9.42 Å². The fourth-order valence-electron chi connectivity index (χ4n) is 3.45. The van der Waals surface area contributed by atoms with E-state index >= 15 is 0 Å². The molecule has 1 aliphatic heterocycles. The van der Waals surface area contributed by atoms with Crippen molar-refractivity contribution in [1.82, 2.24) is 20.0 Å². The lowest BCUT2D eigenvalue weighted by Gasteiger charge is -2.31. The zero-order valence-electron chi connectivity index (χ0n) is 16.1. The third-order valence-corrected chi connectivity index (χ3v) is 5.91. The SMILES string of the molecule is CCc1cc(C(=O)N2CCC[C@@H](c3nc(-c4cccs4)cc(C(F)(F)F)n3)C2)on1. The normalized spacial score (nSPS) is 17.3. The number of carbonyl (C=O) groups excluding carboxylic acids is 1. The van der Waals surface area contributed by atoms with Gasteiger partial charge in [-0.25, -0.2) is 9.97 Å². The molecule has 0 radical (unpaired) electrons. The average molecular weight is 436 g/mol. The lowest BCUT2D eigenvalue weighted by Crippen LogP contribution is -2.39. The second kappa shape index (κ2) is 8.17. The van der Waals surface area contributed by atoms with Crippen LogP contribution in [-0.2, 0) is 12.6 Å². The maximum absolute atomic E-state index is 13.4. The summed E-state index contributed by atoms with van der Waals surface area (Å²) in [6, 6.07) is 6.06. The number of aromatic nitrogens is 3. The molecule has 0 aromatic carbocycles. The highest BCUT2D eigenvalue weighted by Crippen LogP contribution is 2.34. The minimum absolute atomic E-state index is 0.109. The largest absolute Gasteiger partial charge is 0.433 e. The number of nitrogens with zero attached hydrogens (tertiary/aromatic N) is 4. The van der Waals surface area contributed by atoms with E-state index in [0.717, 1.165) is 6.07 Å². The van der Waals surface area contributed by atoms with Gasteiger partial charge in [-0.15, -0.1) is 11.3 Å². The molecule has 158 valence electrons. The predicted molar refractivity (Wildman–Crippen MR) is 104 cm³/mol. The first-order valence-corrected chi connectivity index (χ1v) is 10.5. The lowest BCUT2D eigenvalue weighted by molar-refractivity contribution is -0.141. The molecule has 4 heterocycles. The summed E-state index contributed by atoms with van der Waals surface area (Å²) in [6.45, 7) is 2.62. The Hall–Kier alpha value is -2.75. The Labute approximate surface area is 174 Å². The molecule has 6 nitrogen and oxygen atoms in total. The van der Waals surface area contributed by atoms with Crippen molar-refractivity contribution in [3.05, 3.63) is 52.6 Å². The third kappa shape index (κ3) is 4.23. The maximum atomic E-state index is 13.4. The first kappa shape index (κ1) is 20.5. The molecular weight excluding hydrogens is 417 g/mol. The molecule has 0 aliphatic carbocycles. The Balaban J connectivity index is 1.62. The fourth-order valence-corrected chi connectivity index (χ4v) is 4.14. The first-order valence-electron chi connectivity index (χ1n) is 9.60. The molecule has 0 spiro atoms. The highest BCUT2D eigenvalue weighted by Gasteiger charge is 2.36. The van der Waals surface area contributed by atoms with Crippen molar-refractivity contribution in [1.29, 1.82) is 0 Å². The number of amides is 1. The van der Waals surface area contributed by atoms with Crippen molar-refractivity contribution in [3.63, 3.8) is 0 Å². The highest BCUT2D eigenvalue weighted by atomic mass is 32.1. The van der Waals surface area contributed by atoms with Gasteiger partial charge in [-0.05, 0) is 36.8 Å². The summed E-state index contributed by atoms with van der Waals surface area (Å²) in [7, 11) is 0. The second-order valence-corrected chi connectivity index (χ2v) is 8.05. The number of alkyl halides is 3. The smallest absolute Gasteiger partial charge is 0.351 e. The van der Waals surface area contributed by atoms with Gasteiger partial charge in [0.25, 0.3) is 5.91 Å². The maximum Gasteiger partial charge on any atom is 0.433 e. The number of carbonyl (C=O) groups is 1. The van der Waals surface area contributed by atoms with Crippen LogP contribution in [0.2, 0.25) is 0 Å². The summed E-state index contributed by atoms with van der Waals surface area (Å²) in [4.78, 5) is 23.2. The quantitative estimate of drug-likeness (QED) is 0.588. The average Bonchev–Trinajstić information content (AvgIpc) is 3.44. The van der Waals surface area contributed by atoms with E-state index in [4.69, 9.17) is 4.52 Å². The minimum Gasteiger partial charge on any atom is -0.351 e. The van der Waals surface area contributed by atoms with Gasteiger partial charge in [0.1, 0.15) is 11.5 Å². The third-order valence-electron chi connectivity index (χ3n) is 5.01. The molecule has 1 fully saturated rings. The molecule has 10 heteroatoms. The Morgan fingerprint density at radius 3 is 2.83 bits per heavy atom. The summed E-state index contributed by atoms with van der Waals surface area (Å²) in [5.41, 5.74) is -0.0514. The van der Waals surface area contributed by atoms with Crippen LogP contribution < -0.4 is 0 Å². The number of aryl methyl sites for hydroxylation is 1. The number of rotatable bonds is 4. The number of piperidine rings is 1. The van der Waals surface area contributed by atoms with E-state index in [1.165, 1.54) is 11.3 Å². The Morgan fingerprint density at radius 1 is 1.33 bits per heavy atom. The number of hydrogen-bond acceptors (Lipinski definition) is 6. The highest BCUT2D eigenvalue weighted by molar-refractivity contribution is 7.13. The van der Waals surface area contributed by atoms with E-state index < -0.39 is 17.8 Å². The van der Waals surface area contributed by atoms with Crippen LogP contribution in [0.25, 0.3) is 10.6 Å². The van der Waals surface area contributed by atoms with Gasteiger partial charge in [0.05, 0.1) is 16.3 Å². The summed E-state index contributed by atoms with van der Waals surface area (Å²) < 4.78 is 45.5. The molecule has 30 heavy (non-hydrogen) atoms. The van der Waals surface area contributed by atoms with Gasteiger partial charge in [-0.1, -0.05) is 18.1 Å². The zero-order chi connectivity index (χ0) is 21.3. The standard InChI is InChI=1S/C20H19F3N4O2S/c1-2-13-9-15(29-26-13)19(28)27-7-3-5-12(11-27)18-24-14(16-6-4-8-30-16)10-17(25-18)20(21,22)23/h4,6,8-10,12H,2-3,5,7,11H2,1H3/t12-/m1/s1. The Bertz CT molecular complexity index is 1030. The van der Waals surface area contributed by atoms with Gasteiger partial charge >= 0.3 is 6.18 Å². The summed E-state index contributed by atoms with van der Waals surface area (Å²) in [6.07, 6.45) is -2.70. The van der Waals surface area contributed by atoms with Gasteiger partial charge in [0.15, 0.2) is 0 Å². The molecule has 0 bridgehead atoms. The summed E-state index contributed by atoms with van der Waals surface area (Å²) in [5, 5.41) is 5.62. The molecular formula is C20H19F3N4O2S. The van der Waals surface area contributed by atoms with Crippen molar-refractivity contribution in [2.45, 2.75) is 38.3 Å². The van der Waals surface area contributed by atoms with Crippen LogP contribution in [0.5, 0.6) is 0 Å². The van der Waals surface area contributed by atoms with Crippen LogP contribution in [0.4, 0.5) is 13.2 Å². The van der Waals surface area contributed by atoms with Gasteiger partial charge in [-0.3, -0.25) is 4.79 Å². The van der Waals surface area contributed by atoms with Crippen LogP contribution in [0, 0.1) is 0 Å². The lowest BCUT2D eigenvalue weighted by atomic mass is 9.96. The molecule has 0 unspecified atom stereocenters. The van der Waals surface area contributed by atoms with E-state index in [0.29, 0.717) is 36.4 Å². The molecule has 1 saturated heterocycles. The number of halogens is 3. The molecule has 3 aromatic rings. The molecule has 0 saturated carbocycles. The second-order valence-electron chi connectivity index (χ2n) is 7.10. The topological polar surface area (TPSA) is 72.1 Å². The fraction of sp³-hybridized carbons (Fsp3) is 0.400. The van der Waals surface area contributed by atoms with Crippen LogP contribution in [0.1, 0.15) is 53.5 Å². The Kier molecular flexibility index (Phi) is 5.59. The van der Waals surface area contributed by atoms with Crippen LogP contribution in [0.3, 0.4) is 0 Å².